The fraction of sp³-hybridized carbons (Fsp3) is 0. The summed E-state index contributed by atoms with van der Waals surface area (Å²) < 4.78 is 52.6. The monoisotopic (exact) mass is 245 g/mol. The molecule has 2 heterocycles. The molecule has 0 saturated carbocycles. The summed E-state index contributed by atoms with van der Waals surface area (Å²) in [5.74, 6) is -6.96. The Bertz CT molecular complexity index is 570. The number of carbonyl (C=O) groups excluding carboxylic acids is 1. The third-order valence-corrected chi connectivity index (χ3v) is 1.94. The van der Waals surface area contributed by atoms with E-state index in [1.807, 2.05) is 0 Å². The highest BCUT2D eigenvalue weighted by Crippen LogP contribution is 2.20. The van der Waals surface area contributed by atoms with E-state index in [0.717, 1.165) is 12.4 Å². The Morgan fingerprint density at radius 3 is 2.18 bits per heavy atom. The Morgan fingerprint density at radius 1 is 1.12 bits per heavy atom. The molecule has 0 fully saturated rings. The second-order valence-electron chi connectivity index (χ2n) is 3.01. The van der Waals surface area contributed by atoms with Crippen molar-refractivity contribution in [2.45, 2.75) is 0 Å². The summed E-state index contributed by atoms with van der Waals surface area (Å²) in [6.07, 6.45) is 2.28. The summed E-state index contributed by atoms with van der Waals surface area (Å²) in [5.41, 5.74) is -1.07. The average molecular weight is 245 g/mol. The number of halogens is 4. The molecule has 0 saturated heterocycles. The smallest absolute Gasteiger partial charge is 0.254 e. The molecule has 0 N–H and O–H groups in total. The first kappa shape index (κ1) is 11.2. The Hall–Kier alpha value is -2.25. The van der Waals surface area contributed by atoms with E-state index in [1.165, 1.54) is 0 Å². The van der Waals surface area contributed by atoms with Gasteiger partial charge in [0.25, 0.3) is 11.9 Å². The Kier molecular flexibility index (Phi) is 2.62. The van der Waals surface area contributed by atoms with Crippen molar-refractivity contribution in [3.8, 4) is 5.69 Å². The van der Waals surface area contributed by atoms with Crippen LogP contribution in [0.5, 0.6) is 0 Å². The Balaban J connectivity index is 2.69. The number of nitrogens with zero attached hydrogens (tertiary/aromatic N) is 3. The zero-order chi connectivity index (χ0) is 12.6. The molecular formula is C9H3F4N3O. The lowest BCUT2D eigenvalue weighted by molar-refractivity contribution is 0.112. The van der Waals surface area contributed by atoms with Gasteiger partial charge in [0.2, 0.25) is 11.6 Å². The highest BCUT2D eigenvalue weighted by molar-refractivity contribution is 5.73. The van der Waals surface area contributed by atoms with Crippen LogP contribution in [0.2, 0.25) is 0 Å². The molecule has 8 heteroatoms. The fourth-order valence-electron chi connectivity index (χ4n) is 1.20. The van der Waals surface area contributed by atoms with E-state index in [-0.39, 0.29) is 5.56 Å². The summed E-state index contributed by atoms with van der Waals surface area (Å²) in [7, 11) is 0. The standard InChI is InChI=1S/C9H3F4N3O/c10-5-7(6(11)9(13)15-8(5)12)16-2-4(3-17)1-14-16/h1-3H. The molecule has 2 aromatic rings. The first-order valence-electron chi connectivity index (χ1n) is 4.24. The summed E-state index contributed by atoms with van der Waals surface area (Å²) >= 11 is 0. The molecule has 0 aliphatic heterocycles. The topological polar surface area (TPSA) is 47.8 Å². The van der Waals surface area contributed by atoms with Gasteiger partial charge in [-0.1, -0.05) is 0 Å². The number of carbonyl (C=O) groups is 1. The van der Waals surface area contributed by atoms with E-state index >= 15 is 0 Å². The number of aromatic nitrogens is 3. The van der Waals surface area contributed by atoms with Crippen LogP contribution in [0.4, 0.5) is 17.6 Å². The van der Waals surface area contributed by atoms with Crippen LogP contribution in [0.25, 0.3) is 5.69 Å². The molecule has 0 atom stereocenters. The van der Waals surface area contributed by atoms with Gasteiger partial charge in [0.1, 0.15) is 5.69 Å². The van der Waals surface area contributed by atoms with Crippen LogP contribution in [0, 0.1) is 23.5 Å². The highest BCUT2D eigenvalue weighted by Gasteiger charge is 2.22. The fourth-order valence-corrected chi connectivity index (χ4v) is 1.20. The SMILES string of the molecule is O=Cc1cnn(-c2c(F)c(F)nc(F)c2F)c1. The van der Waals surface area contributed by atoms with Crippen molar-refractivity contribution in [1.82, 2.24) is 14.8 Å². The molecule has 0 aliphatic carbocycles. The summed E-state index contributed by atoms with van der Waals surface area (Å²) in [6.45, 7) is 0. The van der Waals surface area contributed by atoms with E-state index in [2.05, 4.69) is 10.1 Å². The van der Waals surface area contributed by atoms with Gasteiger partial charge in [-0.05, 0) is 0 Å². The first-order valence-corrected chi connectivity index (χ1v) is 4.24. The predicted octanol–water partition coefficient (Wildman–Crippen LogP) is 1.64. The highest BCUT2D eigenvalue weighted by atomic mass is 19.2. The van der Waals surface area contributed by atoms with Crippen molar-refractivity contribution in [2.24, 2.45) is 0 Å². The lowest BCUT2D eigenvalue weighted by atomic mass is 10.3. The van der Waals surface area contributed by atoms with E-state index in [0.29, 0.717) is 11.0 Å². The Morgan fingerprint density at radius 2 is 1.71 bits per heavy atom. The molecule has 2 rings (SSSR count). The molecule has 17 heavy (non-hydrogen) atoms. The zero-order valence-electron chi connectivity index (χ0n) is 7.99. The van der Waals surface area contributed by atoms with Gasteiger partial charge in [0.05, 0.1) is 11.8 Å². The van der Waals surface area contributed by atoms with Crippen molar-refractivity contribution in [2.75, 3.05) is 0 Å². The molecule has 0 aromatic carbocycles. The zero-order valence-corrected chi connectivity index (χ0v) is 7.99. The van der Waals surface area contributed by atoms with E-state index in [9.17, 15) is 22.4 Å². The summed E-state index contributed by atoms with van der Waals surface area (Å²) in [6, 6.07) is 0. The van der Waals surface area contributed by atoms with E-state index in [1.54, 1.807) is 0 Å². The normalized spacial score (nSPS) is 10.6. The summed E-state index contributed by atoms with van der Waals surface area (Å²) in [4.78, 5) is 12.7. The molecule has 0 amide bonds. The minimum atomic E-state index is -1.79. The molecule has 0 unspecified atom stereocenters. The van der Waals surface area contributed by atoms with E-state index in [4.69, 9.17) is 0 Å². The third-order valence-electron chi connectivity index (χ3n) is 1.94. The second-order valence-corrected chi connectivity index (χ2v) is 3.01. The molecule has 88 valence electrons. The molecule has 0 bridgehead atoms. The largest absolute Gasteiger partial charge is 0.298 e. The minimum absolute atomic E-state index is 0.00132. The van der Waals surface area contributed by atoms with Crippen LogP contribution < -0.4 is 0 Å². The van der Waals surface area contributed by atoms with Crippen molar-refractivity contribution in [3.05, 3.63) is 41.5 Å². The van der Waals surface area contributed by atoms with Gasteiger partial charge in [-0.15, -0.1) is 0 Å². The van der Waals surface area contributed by atoms with E-state index < -0.39 is 29.2 Å². The molecule has 4 nitrogen and oxygen atoms in total. The molecule has 2 aromatic heterocycles. The first-order chi connectivity index (χ1) is 8.04. The van der Waals surface area contributed by atoms with Gasteiger partial charge >= 0.3 is 0 Å². The molecule has 0 spiro atoms. The van der Waals surface area contributed by atoms with Gasteiger partial charge in [-0.3, -0.25) is 4.79 Å². The Labute approximate surface area is 91.5 Å². The quantitative estimate of drug-likeness (QED) is 0.459. The van der Waals surface area contributed by atoms with Gasteiger partial charge in [-0.2, -0.15) is 27.6 Å². The number of aldehydes is 1. The van der Waals surface area contributed by atoms with Crippen molar-refractivity contribution >= 4 is 6.29 Å². The van der Waals surface area contributed by atoms with Crippen molar-refractivity contribution < 1.29 is 22.4 Å². The molecule has 0 aliphatic rings. The maximum Gasteiger partial charge on any atom is 0.254 e. The maximum atomic E-state index is 13.2. The van der Waals surface area contributed by atoms with Crippen LogP contribution in [0.3, 0.4) is 0 Å². The minimum Gasteiger partial charge on any atom is -0.298 e. The lowest BCUT2D eigenvalue weighted by Gasteiger charge is -2.05. The number of pyridine rings is 1. The summed E-state index contributed by atoms with van der Waals surface area (Å²) in [5, 5.41) is 3.41. The maximum absolute atomic E-state index is 13.2. The van der Waals surface area contributed by atoms with Gasteiger partial charge in [-0.25, -0.2) is 4.68 Å². The second kappa shape index (κ2) is 3.96. The third kappa shape index (κ3) is 1.77. The molecule has 0 radical (unpaired) electrons. The number of hydrogen-bond donors (Lipinski definition) is 0. The van der Waals surface area contributed by atoms with Crippen LogP contribution in [0.15, 0.2) is 12.4 Å². The van der Waals surface area contributed by atoms with Gasteiger partial charge in [0.15, 0.2) is 6.29 Å². The van der Waals surface area contributed by atoms with Gasteiger partial charge < -0.3 is 0 Å². The van der Waals surface area contributed by atoms with Crippen LogP contribution in [-0.4, -0.2) is 21.1 Å². The van der Waals surface area contributed by atoms with Crippen molar-refractivity contribution in [1.29, 1.82) is 0 Å². The molecular weight excluding hydrogens is 242 g/mol. The number of hydrogen-bond acceptors (Lipinski definition) is 3. The van der Waals surface area contributed by atoms with Crippen molar-refractivity contribution in [3.63, 3.8) is 0 Å². The predicted molar refractivity (Wildman–Crippen MR) is 46.6 cm³/mol. The van der Waals surface area contributed by atoms with Crippen LogP contribution >= 0.6 is 0 Å². The average Bonchev–Trinajstić information content (AvgIpc) is 2.75. The lowest BCUT2D eigenvalue weighted by Crippen LogP contribution is -2.09. The number of rotatable bonds is 2. The van der Waals surface area contributed by atoms with Crippen LogP contribution in [-0.2, 0) is 0 Å². The van der Waals surface area contributed by atoms with Crippen LogP contribution in [0.1, 0.15) is 10.4 Å². The van der Waals surface area contributed by atoms with Gasteiger partial charge in [0, 0.05) is 6.20 Å².